The Labute approximate surface area is 103 Å². The van der Waals surface area contributed by atoms with E-state index in [9.17, 15) is 4.79 Å². The summed E-state index contributed by atoms with van der Waals surface area (Å²) in [7, 11) is 1.94. The SMILES string of the molecule is CN(C(=O)NC1C2CNCC21)C1CC(C)(C)C1. The number of piperidine rings is 1. The van der Waals surface area contributed by atoms with E-state index >= 15 is 0 Å². The summed E-state index contributed by atoms with van der Waals surface area (Å²) in [5.41, 5.74) is 0.430. The number of nitrogens with zero attached hydrogens (tertiary/aromatic N) is 1. The number of fused-ring (bicyclic) bond motifs is 1. The predicted octanol–water partition coefficient (Wildman–Crippen LogP) is 1.03. The molecule has 3 aliphatic rings. The van der Waals surface area contributed by atoms with Crippen molar-refractivity contribution in [3.63, 3.8) is 0 Å². The molecule has 0 aromatic heterocycles. The molecule has 0 aromatic rings. The number of carbonyl (C=O) groups excluding carboxylic acids is 1. The number of carbonyl (C=O) groups is 1. The highest BCUT2D eigenvalue weighted by Crippen LogP contribution is 2.43. The van der Waals surface area contributed by atoms with Crippen LogP contribution in [0.25, 0.3) is 0 Å². The molecule has 0 bridgehead atoms. The Kier molecular flexibility index (Phi) is 2.41. The van der Waals surface area contributed by atoms with Crippen molar-refractivity contribution in [3.8, 4) is 0 Å². The molecule has 2 aliphatic carbocycles. The molecular formula is C13H23N3O. The van der Waals surface area contributed by atoms with Crippen molar-refractivity contribution in [1.29, 1.82) is 0 Å². The van der Waals surface area contributed by atoms with Crippen LogP contribution in [0.2, 0.25) is 0 Å². The van der Waals surface area contributed by atoms with Gasteiger partial charge in [0.1, 0.15) is 0 Å². The first kappa shape index (κ1) is 11.3. The third-order valence-corrected chi connectivity index (χ3v) is 4.83. The van der Waals surface area contributed by atoms with Crippen LogP contribution in [-0.4, -0.2) is 43.2 Å². The molecule has 4 nitrogen and oxygen atoms in total. The molecule has 2 saturated carbocycles. The van der Waals surface area contributed by atoms with Crippen molar-refractivity contribution in [2.45, 2.75) is 38.8 Å². The number of amides is 2. The Morgan fingerprint density at radius 1 is 1.29 bits per heavy atom. The second-order valence-electron chi connectivity index (χ2n) is 6.80. The zero-order chi connectivity index (χ0) is 12.2. The maximum Gasteiger partial charge on any atom is 0.317 e. The van der Waals surface area contributed by atoms with Crippen molar-refractivity contribution in [2.24, 2.45) is 17.3 Å². The van der Waals surface area contributed by atoms with Crippen molar-refractivity contribution in [3.05, 3.63) is 0 Å². The van der Waals surface area contributed by atoms with E-state index in [1.807, 2.05) is 11.9 Å². The smallest absolute Gasteiger partial charge is 0.317 e. The van der Waals surface area contributed by atoms with E-state index in [4.69, 9.17) is 0 Å². The lowest BCUT2D eigenvalue weighted by atomic mass is 9.68. The first-order valence-corrected chi connectivity index (χ1v) is 6.72. The van der Waals surface area contributed by atoms with Crippen LogP contribution in [0, 0.1) is 17.3 Å². The molecule has 2 unspecified atom stereocenters. The summed E-state index contributed by atoms with van der Waals surface area (Å²) in [6, 6.07) is 1.02. The zero-order valence-electron chi connectivity index (χ0n) is 11.0. The van der Waals surface area contributed by atoms with Gasteiger partial charge < -0.3 is 15.5 Å². The number of rotatable bonds is 2. The highest BCUT2D eigenvalue weighted by Gasteiger charge is 2.54. The summed E-state index contributed by atoms with van der Waals surface area (Å²) < 4.78 is 0. The van der Waals surface area contributed by atoms with Crippen molar-refractivity contribution >= 4 is 6.03 Å². The Balaban J connectivity index is 1.47. The summed E-state index contributed by atoms with van der Waals surface area (Å²) in [4.78, 5) is 14.0. The third kappa shape index (κ3) is 1.92. The fourth-order valence-corrected chi connectivity index (χ4v) is 3.53. The minimum atomic E-state index is 0.130. The average Bonchev–Trinajstić information content (AvgIpc) is 2.70. The van der Waals surface area contributed by atoms with Crippen LogP contribution in [0.3, 0.4) is 0 Å². The molecule has 2 amide bonds. The van der Waals surface area contributed by atoms with Gasteiger partial charge in [0, 0.05) is 32.2 Å². The minimum Gasteiger partial charge on any atom is -0.335 e. The molecule has 4 heteroatoms. The van der Waals surface area contributed by atoms with Crippen LogP contribution in [0.15, 0.2) is 0 Å². The van der Waals surface area contributed by atoms with E-state index in [0.29, 0.717) is 29.3 Å². The molecule has 0 radical (unpaired) electrons. The van der Waals surface area contributed by atoms with E-state index in [0.717, 1.165) is 25.9 Å². The molecule has 2 N–H and O–H groups in total. The standard InChI is InChI=1S/C13H23N3O/c1-13(2)4-8(5-13)16(3)12(17)15-11-9-6-14-7-10(9)11/h8-11,14H,4-7H2,1-3H3,(H,15,17). The largest absolute Gasteiger partial charge is 0.335 e. The lowest BCUT2D eigenvalue weighted by molar-refractivity contribution is 0.0600. The van der Waals surface area contributed by atoms with E-state index in [2.05, 4.69) is 24.5 Å². The van der Waals surface area contributed by atoms with E-state index in [1.165, 1.54) is 0 Å². The molecule has 17 heavy (non-hydrogen) atoms. The normalized spacial score (nSPS) is 38.2. The Hall–Kier alpha value is -0.770. The quantitative estimate of drug-likeness (QED) is 0.753. The summed E-state index contributed by atoms with van der Waals surface area (Å²) in [5, 5.41) is 6.52. The van der Waals surface area contributed by atoms with Gasteiger partial charge in [-0.1, -0.05) is 13.8 Å². The topological polar surface area (TPSA) is 44.4 Å². The Bertz CT molecular complexity index is 324. The summed E-state index contributed by atoms with van der Waals surface area (Å²) in [6.45, 7) is 6.70. The van der Waals surface area contributed by atoms with Crippen LogP contribution in [0.5, 0.6) is 0 Å². The van der Waals surface area contributed by atoms with Gasteiger partial charge in [-0.3, -0.25) is 0 Å². The summed E-state index contributed by atoms with van der Waals surface area (Å²) in [6.07, 6.45) is 2.27. The van der Waals surface area contributed by atoms with Gasteiger partial charge in [0.2, 0.25) is 0 Å². The number of nitrogens with one attached hydrogen (secondary N) is 2. The van der Waals surface area contributed by atoms with Gasteiger partial charge >= 0.3 is 6.03 Å². The molecule has 1 saturated heterocycles. The van der Waals surface area contributed by atoms with Gasteiger partial charge in [-0.15, -0.1) is 0 Å². The maximum absolute atomic E-state index is 12.1. The van der Waals surface area contributed by atoms with Crippen molar-refractivity contribution < 1.29 is 4.79 Å². The molecule has 1 aliphatic heterocycles. The van der Waals surface area contributed by atoms with Gasteiger partial charge in [0.25, 0.3) is 0 Å². The van der Waals surface area contributed by atoms with Crippen LogP contribution >= 0.6 is 0 Å². The lowest BCUT2D eigenvalue weighted by Gasteiger charge is -2.46. The van der Waals surface area contributed by atoms with Gasteiger partial charge in [-0.2, -0.15) is 0 Å². The monoisotopic (exact) mass is 237 g/mol. The molecule has 0 aromatic carbocycles. The highest BCUT2D eigenvalue weighted by molar-refractivity contribution is 5.75. The number of urea groups is 1. The molecule has 96 valence electrons. The van der Waals surface area contributed by atoms with Gasteiger partial charge in [-0.25, -0.2) is 4.79 Å². The third-order valence-electron chi connectivity index (χ3n) is 4.83. The lowest BCUT2D eigenvalue weighted by Crippen LogP contribution is -2.53. The van der Waals surface area contributed by atoms with Crippen LogP contribution in [0.1, 0.15) is 26.7 Å². The van der Waals surface area contributed by atoms with Gasteiger partial charge in [0.15, 0.2) is 0 Å². The molecule has 2 atom stereocenters. The fraction of sp³-hybridized carbons (Fsp3) is 0.923. The average molecular weight is 237 g/mol. The van der Waals surface area contributed by atoms with E-state index in [-0.39, 0.29) is 6.03 Å². The van der Waals surface area contributed by atoms with Crippen LogP contribution < -0.4 is 10.6 Å². The molecule has 1 heterocycles. The first-order valence-electron chi connectivity index (χ1n) is 6.72. The molecule has 3 rings (SSSR count). The van der Waals surface area contributed by atoms with Crippen molar-refractivity contribution in [1.82, 2.24) is 15.5 Å². The van der Waals surface area contributed by atoms with Crippen LogP contribution in [-0.2, 0) is 0 Å². The van der Waals surface area contributed by atoms with Crippen molar-refractivity contribution in [2.75, 3.05) is 20.1 Å². The molecule has 0 spiro atoms. The Morgan fingerprint density at radius 3 is 2.41 bits per heavy atom. The zero-order valence-corrected chi connectivity index (χ0v) is 11.0. The second-order valence-corrected chi connectivity index (χ2v) is 6.80. The van der Waals surface area contributed by atoms with E-state index < -0.39 is 0 Å². The second kappa shape index (κ2) is 3.61. The summed E-state index contributed by atoms with van der Waals surface area (Å²) >= 11 is 0. The summed E-state index contributed by atoms with van der Waals surface area (Å²) in [5.74, 6) is 1.40. The van der Waals surface area contributed by atoms with E-state index in [1.54, 1.807) is 0 Å². The van der Waals surface area contributed by atoms with Crippen LogP contribution in [0.4, 0.5) is 4.79 Å². The fourth-order valence-electron chi connectivity index (χ4n) is 3.53. The molecular weight excluding hydrogens is 214 g/mol. The van der Waals surface area contributed by atoms with Gasteiger partial charge in [0.05, 0.1) is 0 Å². The molecule has 3 fully saturated rings. The van der Waals surface area contributed by atoms with Gasteiger partial charge in [-0.05, 0) is 30.1 Å². The number of hydrogen-bond acceptors (Lipinski definition) is 2. The predicted molar refractivity (Wildman–Crippen MR) is 66.7 cm³/mol. The number of hydrogen-bond donors (Lipinski definition) is 2. The minimum absolute atomic E-state index is 0.130. The Morgan fingerprint density at radius 2 is 1.88 bits per heavy atom. The highest BCUT2D eigenvalue weighted by atomic mass is 16.2. The first-order chi connectivity index (χ1) is 7.98. The maximum atomic E-state index is 12.1.